The van der Waals surface area contributed by atoms with Crippen molar-refractivity contribution in [2.24, 2.45) is 5.73 Å². The number of amides is 1. The Morgan fingerprint density at radius 3 is 2.96 bits per heavy atom. The van der Waals surface area contributed by atoms with Crippen LogP contribution in [0.2, 0.25) is 0 Å². The standard InChI is InChI=1S/C18H19N3O3S2/c1-10-14(11-5-3-6-12(9-11)24-2)15-16(23)20-18(21-17(15)26-10)25-8-4-7-13(19)22/h3,5-6,9H,4,7-8H2,1-2H3,(H2,19,22)(H,20,21,23). The van der Waals surface area contributed by atoms with Crippen LogP contribution < -0.4 is 16.0 Å². The molecule has 26 heavy (non-hydrogen) atoms. The van der Waals surface area contributed by atoms with Crippen LogP contribution in [0.15, 0.2) is 34.2 Å². The van der Waals surface area contributed by atoms with Gasteiger partial charge in [0, 0.05) is 22.6 Å². The van der Waals surface area contributed by atoms with Crippen LogP contribution in [0, 0.1) is 6.92 Å². The lowest BCUT2D eigenvalue weighted by Gasteiger charge is -2.05. The Balaban J connectivity index is 1.96. The lowest BCUT2D eigenvalue weighted by molar-refractivity contribution is -0.118. The average molecular weight is 390 g/mol. The van der Waals surface area contributed by atoms with Gasteiger partial charge in [0.15, 0.2) is 5.16 Å². The van der Waals surface area contributed by atoms with Crippen molar-refractivity contribution < 1.29 is 9.53 Å². The molecule has 0 aliphatic carbocycles. The van der Waals surface area contributed by atoms with Gasteiger partial charge in [-0.2, -0.15) is 0 Å². The second kappa shape index (κ2) is 7.92. The van der Waals surface area contributed by atoms with E-state index in [0.717, 1.165) is 21.8 Å². The molecule has 0 bridgehead atoms. The summed E-state index contributed by atoms with van der Waals surface area (Å²) in [5.41, 5.74) is 6.80. The fourth-order valence-corrected chi connectivity index (χ4v) is 4.62. The molecule has 0 aliphatic rings. The molecule has 0 radical (unpaired) electrons. The number of nitrogens with two attached hydrogens (primary N) is 1. The summed E-state index contributed by atoms with van der Waals surface area (Å²) in [5.74, 6) is 1.09. The van der Waals surface area contributed by atoms with E-state index in [1.807, 2.05) is 31.2 Å². The number of fused-ring (bicyclic) bond motifs is 1. The molecule has 2 heterocycles. The fraction of sp³-hybridized carbons (Fsp3) is 0.278. The number of aromatic nitrogens is 2. The van der Waals surface area contributed by atoms with E-state index >= 15 is 0 Å². The molecular formula is C18H19N3O3S2. The summed E-state index contributed by atoms with van der Waals surface area (Å²) in [4.78, 5) is 32.7. The molecule has 0 saturated carbocycles. The summed E-state index contributed by atoms with van der Waals surface area (Å²) in [6.45, 7) is 1.99. The van der Waals surface area contributed by atoms with Crippen molar-refractivity contribution in [3.8, 4) is 16.9 Å². The monoisotopic (exact) mass is 389 g/mol. The number of thiophene rings is 1. The van der Waals surface area contributed by atoms with E-state index in [1.165, 1.54) is 23.1 Å². The van der Waals surface area contributed by atoms with Gasteiger partial charge in [0.2, 0.25) is 5.91 Å². The Kier molecular flexibility index (Phi) is 5.63. The smallest absolute Gasteiger partial charge is 0.260 e. The molecule has 3 rings (SSSR count). The maximum Gasteiger partial charge on any atom is 0.260 e. The minimum atomic E-state index is -0.320. The van der Waals surface area contributed by atoms with Crippen molar-refractivity contribution in [2.45, 2.75) is 24.9 Å². The van der Waals surface area contributed by atoms with E-state index < -0.39 is 0 Å². The molecule has 1 amide bonds. The third-order valence-corrected chi connectivity index (χ3v) is 5.84. The molecule has 0 fully saturated rings. The van der Waals surface area contributed by atoms with E-state index in [4.69, 9.17) is 10.5 Å². The summed E-state index contributed by atoms with van der Waals surface area (Å²) < 4.78 is 5.29. The van der Waals surface area contributed by atoms with Gasteiger partial charge in [-0.15, -0.1) is 11.3 Å². The van der Waals surface area contributed by atoms with Crippen LogP contribution in [0.25, 0.3) is 21.3 Å². The van der Waals surface area contributed by atoms with E-state index in [2.05, 4.69) is 9.97 Å². The molecule has 3 N–H and O–H groups in total. The molecule has 0 aliphatic heterocycles. The number of rotatable bonds is 7. The molecule has 0 unspecified atom stereocenters. The normalized spacial score (nSPS) is 11.0. The van der Waals surface area contributed by atoms with Gasteiger partial charge in [-0.3, -0.25) is 9.59 Å². The fourth-order valence-electron chi connectivity index (χ4n) is 2.71. The molecule has 2 aromatic heterocycles. The summed E-state index contributed by atoms with van der Waals surface area (Å²) in [6.07, 6.45) is 0.984. The number of methoxy groups -OCH3 is 1. The quantitative estimate of drug-likeness (QED) is 0.367. The predicted molar refractivity (Wildman–Crippen MR) is 106 cm³/mol. The van der Waals surface area contributed by atoms with Crippen LogP contribution in [0.4, 0.5) is 0 Å². The van der Waals surface area contributed by atoms with Crippen molar-refractivity contribution in [1.82, 2.24) is 9.97 Å². The number of aryl methyl sites for hydroxylation is 1. The third kappa shape index (κ3) is 3.91. The summed E-state index contributed by atoms with van der Waals surface area (Å²) in [7, 11) is 1.62. The molecule has 6 nitrogen and oxygen atoms in total. The third-order valence-electron chi connectivity index (χ3n) is 3.88. The van der Waals surface area contributed by atoms with Crippen molar-refractivity contribution in [2.75, 3.05) is 12.9 Å². The summed E-state index contributed by atoms with van der Waals surface area (Å²) >= 11 is 2.92. The SMILES string of the molecule is COc1cccc(-c2c(C)sc3nc(SCCCC(N)=O)[nH]c(=O)c23)c1. The number of benzene rings is 1. The largest absolute Gasteiger partial charge is 0.497 e. The van der Waals surface area contributed by atoms with Crippen molar-refractivity contribution >= 4 is 39.2 Å². The first-order valence-corrected chi connectivity index (χ1v) is 9.88. The minimum absolute atomic E-state index is 0.158. The van der Waals surface area contributed by atoms with Crippen molar-refractivity contribution in [3.05, 3.63) is 39.5 Å². The molecule has 0 spiro atoms. The van der Waals surface area contributed by atoms with Gasteiger partial charge in [0.1, 0.15) is 10.6 Å². The van der Waals surface area contributed by atoms with Gasteiger partial charge in [0.05, 0.1) is 12.5 Å². The van der Waals surface area contributed by atoms with Gasteiger partial charge in [-0.1, -0.05) is 23.9 Å². The highest BCUT2D eigenvalue weighted by molar-refractivity contribution is 7.99. The average Bonchev–Trinajstić information content (AvgIpc) is 2.95. The van der Waals surface area contributed by atoms with Gasteiger partial charge < -0.3 is 15.5 Å². The molecule has 1 aromatic carbocycles. The number of ether oxygens (including phenoxy) is 1. The minimum Gasteiger partial charge on any atom is -0.497 e. The first-order chi connectivity index (χ1) is 12.5. The van der Waals surface area contributed by atoms with Crippen LogP contribution >= 0.6 is 23.1 Å². The van der Waals surface area contributed by atoms with E-state index in [-0.39, 0.29) is 11.5 Å². The first kappa shape index (κ1) is 18.5. The molecule has 136 valence electrons. The molecule has 0 atom stereocenters. The number of hydrogen-bond donors (Lipinski definition) is 2. The second-order valence-corrected chi connectivity index (χ2v) is 8.02. The highest BCUT2D eigenvalue weighted by Gasteiger charge is 2.17. The zero-order valence-corrected chi connectivity index (χ0v) is 16.1. The Hall–Kier alpha value is -2.32. The van der Waals surface area contributed by atoms with Gasteiger partial charge in [0.25, 0.3) is 5.56 Å². The van der Waals surface area contributed by atoms with E-state index in [1.54, 1.807) is 7.11 Å². The first-order valence-electron chi connectivity index (χ1n) is 8.08. The van der Waals surface area contributed by atoms with Crippen molar-refractivity contribution in [3.63, 3.8) is 0 Å². The van der Waals surface area contributed by atoms with Crippen LogP contribution in [0.1, 0.15) is 17.7 Å². The van der Waals surface area contributed by atoms with Crippen LogP contribution in [0.3, 0.4) is 0 Å². The van der Waals surface area contributed by atoms with Crippen LogP contribution in [0.5, 0.6) is 5.75 Å². The predicted octanol–water partition coefficient (Wildman–Crippen LogP) is 3.33. The maximum absolute atomic E-state index is 12.7. The lowest BCUT2D eigenvalue weighted by Crippen LogP contribution is -2.11. The zero-order chi connectivity index (χ0) is 18.7. The Bertz CT molecular complexity index is 1010. The number of hydrogen-bond acceptors (Lipinski definition) is 6. The Morgan fingerprint density at radius 2 is 2.23 bits per heavy atom. The number of carbonyl (C=O) groups is 1. The second-order valence-electron chi connectivity index (χ2n) is 5.73. The Morgan fingerprint density at radius 1 is 1.42 bits per heavy atom. The number of primary amides is 1. The maximum atomic E-state index is 12.7. The number of thioether (sulfide) groups is 1. The number of aromatic amines is 1. The molecular weight excluding hydrogens is 370 g/mol. The van der Waals surface area contributed by atoms with Gasteiger partial charge in [-0.05, 0) is 31.0 Å². The molecule has 0 saturated heterocycles. The highest BCUT2D eigenvalue weighted by Crippen LogP contribution is 2.37. The molecule has 3 aromatic rings. The van der Waals surface area contributed by atoms with E-state index in [9.17, 15) is 9.59 Å². The lowest BCUT2D eigenvalue weighted by atomic mass is 10.0. The van der Waals surface area contributed by atoms with Crippen molar-refractivity contribution in [1.29, 1.82) is 0 Å². The van der Waals surface area contributed by atoms with Gasteiger partial charge in [-0.25, -0.2) is 4.98 Å². The zero-order valence-electron chi connectivity index (χ0n) is 14.5. The van der Waals surface area contributed by atoms with Crippen LogP contribution in [-0.4, -0.2) is 28.7 Å². The summed E-state index contributed by atoms with van der Waals surface area (Å²) in [6, 6.07) is 7.65. The van der Waals surface area contributed by atoms with E-state index in [0.29, 0.717) is 34.0 Å². The number of nitrogens with zero attached hydrogens (tertiary/aromatic N) is 1. The summed E-state index contributed by atoms with van der Waals surface area (Å²) in [5, 5.41) is 1.16. The number of nitrogens with one attached hydrogen (secondary N) is 1. The number of H-pyrrole nitrogens is 1. The Labute approximate surface area is 158 Å². The van der Waals surface area contributed by atoms with Gasteiger partial charge >= 0.3 is 0 Å². The number of carbonyl (C=O) groups excluding carboxylic acids is 1. The molecule has 8 heteroatoms. The highest BCUT2D eigenvalue weighted by atomic mass is 32.2. The topological polar surface area (TPSA) is 98.1 Å². The van der Waals surface area contributed by atoms with Crippen LogP contribution in [-0.2, 0) is 4.79 Å².